The van der Waals surface area contributed by atoms with Gasteiger partial charge in [0.1, 0.15) is 28.8 Å². The van der Waals surface area contributed by atoms with E-state index < -0.39 is 18.1 Å². The molecule has 0 bridgehead atoms. The summed E-state index contributed by atoms with van der Waals surface area (Å²) in [5, 5.41) is 5.04. The number of carbonyl (C=O) groups excluding carboxylic acids is 3. The lowest BCUT2D eigenvalue weighted by Crippen LogP contribution is -2.43. The largest absolute Gasteiger partial charge is 0.328 e. The summed E-state index contributed by atoms with van der Waals surface area (Å²) in [5.74, 6) is -0.315. The summed E-state index contributed by atoms with van der Waals surface area (Å²) >= 11 is 3.29. The number of likely N-dealkylation sites (tertiary alicyclic amines) is 1. The van der Waals surface area contributed by atoms with Crippen molar-refractivity contribution in [2.24, 2.45) is 0 Å². The van der Waals surface area contributed by atoms with Gasteiger partial charge in [0.25, 0.3) is 0 Å². The highest BCUT2D eigenvalue weighted by Gasteiger charge is 2.39. The lowest BCUT2D eigenvalue weighted by molar-refractivity contribution is -0.138. The molecule has 0 aliphatic carbocycles. The van der Waals surface area contributed by atoms with Gasteiger partial charge in [0, 0.05) is 42.4 Å². The molecule has 0 radical (unpaired) electrons. The van der Waals surface area contributed by atoms with Crippen LogP contribution in [-0.2, 0) is 22.6 Å². The van der Waals surface area contributed by atoms with Crippen molar-refractivity contribution in [1.29, 1.82) is 0 Å². The summed E-state index contributed by atoms with van der Waals surface area (Å²) in [7, 11) is 0. The first-order chi connectivity index (χ1) is 18.6. The number of rotatable bonds is 7. The predicted molar refractivity (Wildman–Crippen MR) is 146 cm³/mol. The second kappa shape index (κ2) is 10.7. The number of amides is 1. The topological polar surface area (TPSA) is 111 Å². The summed E-state index contributed by atoms with van der Waals surface area (Å²) in [6, 6.07) is 8.06. The fourth-order valence-corrected chi connectivity index (χ4v) is 5.36. The minimum Gasteiger partial charge on any atom is -0.328 e. The van der Waals surface area contributed by atoms with Gasteiger partial charge in [-0.25, -0.2) is 19.3 Å². The minimum atomic E-state index is -1.30. The summed E-state index contributed by atoms with van der Waals surface area (Å²) in [6.07, 6.45) is 2.07. The molecule has 1 fully saturated rings. The van der Waals surface area contributed by atoms with E-state index in [9.17, 15) is 18.8 Å². The third-order valence-corrected chi connectivity index (χ3v) is 7.32. The first-order valence-electron chi connectivity index (χ1n) is 12.5. The molecule has 1 aliphatic heterocycles. The fraction of sp³-hybridized carbons (Fsp3) is 0.321. The standard InChI is InChI=1S/C28H26BrFN6O3/c1-15-7-23-22(10-21(15)18-11-31-17(3)32-12-18)28(16(2)37)34-36(23)14-27(39)35-13-19(30)8-24(35)25(38)9-20-5-4-6-26(29)33-20/h4-7,10-12,19,24H,8-9,13-14H2,1-3H3/t19-,24+/m1/s1. The van der Waals surface area contributed by atoms with Crippen molar-refractivity contribution in [3.05, 3.63) is 70.1 Å². The number of pyridine rings is 1. The van der Waals surface area contributed by atoms with E-state index >= 15 is 0 Å². The molecule has 200 valence electrons. The summed E-state index contributed by atoms with van der Waals surface area (Å²) < 4.78 is 16.5. The molecule has 1 saturated heterocycles. The van der Waals surface area contributed by atoms with Gasteiger partial charge in [-0.05, 0) is 65.2 Å². The van der Waals surface area contributed by atoms with Gasteiger partial charge in [0.15, 0.2) is 11.6 Å². The molecule has 0 unspecified atom stereocenters. The van der Waals surface area contributed by atoms with Gasteiger partial charge in [0.05, 0.1) is 24.5 Å². The highest BCUT2D eigenvalue weighted by molar-refractivity contribution is 9.10. The van der Waals surface area contributed by atoms with Crippen molar-refractivity contribution in [3.8, 4) is 11.1 Å². The van der Waals surface area contributed by atoms with E-state index in [4.69, 9.17) is 0 Å². The number of Topliss-reactive ketones (excluding diaryl/α,β-unsaturated/α-hetero) is 2. The van der Waals surface area contributed by atoms with Gasteiger partial charge in [-0.15, -0.1) is 0 Å². The average molecular weight is 593 g/mol. The predicted octanol–water partition coefficient (Wildman–Crippen LogP) is 4.22. The summed E-state index contributed by atoms with van der Waals surface area (Å²) in [6.45, 7) is 4.73. The van der Waals surface area contributed by atoms with Crippen molar-refractivity contribution in [2.45, 2.75) is 52.4 Å². The normalized spacial score (nSPS) is 17.1. The molecule has 11 heteroatoms. The van der Waals surface area contributed by atoms with Gasteiger partial charge in [-0.3, -0.25) is 19.1 Å². The molecule has 3 aromatic heterocycles. The molecule has 5 rings (SSSR count). The number of ketones is 2. The number of hydrogen-bond donors (Lipinski definition) is 0. The Morgan fingerprint density at radius 3 is 2.56 bits per heavy atom. The van der Waals surface area contributed by atoms with E-state index in [1.807, 2.05) is 19.1 Å². The zero-order chi connectivity index (χ0) is 27.8. The first-order valence-corrected chi connectivity index (χ1v) is 13.3. The van der Waals surface area contributed by atoms with Gasteiger partial charge in [0.2, 0.25) is 5.91 Å². The number of halogens is 2. The fourth-order valence-electron chi connectivity index (χ4n) is 4.98. The van der Waals surface area contributed by atoms with Crippen LogP contribution in [0.15, 0.2) is 47.3 Å². The van der Waals surface area contributed by atoms with Crippen LogP contribution in [0.3, 0.4) is 0 Å². The number of nitrogens with zero attached hydrogens (tertiary/aromatic N) is 6. The number of fused-ring (bicyclic) bond motifs is 1. The molecule has 4 aromatic rings. The maximum Gasteiger partial charge on any atom is 0.245 e. The van der Waals surface area contributed by atoms with Crippen LogP contribution < -0.4 is 0 Å². The van der Waals surface area contributed by atoms with Crippen LogP contribution in [0.1, 0.15) is 40.9 Å². The Balaban J connectivity index is 1.44. The maximum absolute atomic E-state index is 14.5. The highest BCUT2D eigenvalue weighted by Crippen LogP contribution is 2.31. The van der Waals surface area contributed by atoms with Crippen molar-refractivity contribution in [1.82, 2.24) is 29.6 Å². The molecule has 39 heavy (non-hydrogen) atoms. The monoisotopic (exact) mass is 592 g/mol. The summed E-state index contributed by atoms with van der Waals surface area (Å²) in [5.41, 5.74) is 3.90. The second-order valence-corrected chi connectivity index (χ2v) is 10.6. The molecular formula is C28H26BrFN6O3. The lowest BCUT2D eigenvalue weighted by Gasteiger charge is -2.23. The van der Waals surface area contributed by atoms with Crippen molar-refractivity contribution in [3.63, 3.8) is 0 Å². The van der Waals surface area contributed by atoms with Crippen molar-refractivity contribution in [2.75, 3.05) is 6.54 Å². The van der Waals surface area contributed by atoms with E-state index in [0.29, 0.717) is 27.0 Å². The molecule has 4 heterocycles. The van der Waals surface area contributed by atoms with Crippen LogP contribution in [0.4, 0.5) is 4.39 Å². The molecule has 1 aromatic carbocycles. The van der Waals surface area contributed by atoms with Crippen LogP contribution in [-0.4, -0.2) is 65.9 Å². The number of benzene rings is 1. The van der Waals surface area contributed by atoms with Crippen LogP contribution >= 0.6 is 15.9 Å². The van der Waals surface area contributed by atoms with Crippen LogP contribution in [0.2, 0.25) is 0 Å². The molecule has 1 aliphatic rings. The average Bonchev–Trinajstić information content (AvgIpc) is 3.45. The zero-order valence-corrected chi connectivity index (χ0v) is 23.3. The van der Waals surface area contributed by atoms with E-state index in [-0.39, 0.29) is 43.2 Å². The number of carbonyl (C=O) groups is 3. The Bertz CT molecular complexity index is 1600. The molecule has 2 atom stereocenters. The molecule has 0 N–H and O–H groups in total. The number of hydrogen-bond acceptors (Lipinski definition) is 7. The first kappa shape index (κ1) is 26.7. The molecule has 1 amide bonds. The zero-order valence-electron chi connectivity index (χ0n) is 21.7. The Labute approximate surface area is 232 Å². The Morgan fingerprint density at radius 2 is 1.87 bits per heavy atom. The Hall–Kier alpha value is -3.86. The third-order valence-electron chi connectivity index (χ3n) is 6.88. The maximum atomic E-state index is 14.5. The van der Waals surface area contributed by atoms with E-state index in [1.54, 1.807) is 37.5 Å². The summed E-state index contributed by atoms with van der Waals surface area (Å²) in [4.78, 5) is 53.1. The SMILES string of the molecule is CC(=O)c1nn(CC(=O)N2C[C@H](F)C[C@H]2C(=O)Cc2cccc(Br)n2)c2cc(C)c(-c3cnc(C)nc3)cc12. The van der Waals surface area contributed by atoms with Gasteiger partial charge < -0.3 is 4.90 Å². The molecule has 9 nitrogen and oxygen atoms in total. The van der Waals surface area contributed by atoms with Crippen LogP contribution in [0.5, 0.6) is 0 Å². The Morgan fingerprint density at radius 1 is 1.13 bits per heavy atom. The van der Waals surface area contributed by atoms with Crippen molar-refractivity contribution >= 4 is 44.3 Å². The molecular weight excluding hydrogens is 567 g/mol. The molecule has 0 spiro atoms. The lowest BCUT2D eigenvalue weighted by atomic mass is 9.99. The van der Waals surface area contributed by atoms with E-state index in [2.05, 4.69) is 36.0 Å². The smallest absolute Gasteiger partial charge is 0.245 e. The Kier molecular flexibility index (Phi) is 7.35. The van der Waals surface area contributed by atoms with Gasteiger partial charge >= 0.3 is 0 Å². The second-order valence-electron chi connectivity index (χ2n) is 9.76. The number of alkyl halides is 1. The van der Waals surface area contributed by atoms with Crippen molar-refractivity contribution < 1.29 is 18.8 Å². The molecule has 0 saturated carbocycles. The number of aromatic nitrogens is 5. The van der Waals surface area contributed by atoms with Crippen LogP contribution in [0.25, 0.3) is 22.0 Å². The van der Waals surface area contributed by atoms with E-state index in [1.165, 1.54) is 16.5 Å². The third kappa shape index (κ3) is 5.49. The quantitative estimate of drug-likeness (QED) is 0.233. The highest BCUT2D eigenvalue weighted by atomic mass is 79.9. The minimum absolute atomic E-state index is 0.00944. The van der Waals surface area contributed by atoms with E-state index in [0.717, 1.165) is 16.7 Å². The van der Waals surface area contributed by atoms with Crippen LogP contribution in [0, 0.1) is 13.8 Å². The number of aryl methyl sites for hydroxylation is 2. The van der Waals surface area contributed by atoms with Gasteiger partial charge in [-0.1, -0.05) is 6.07 Å². The van der Waals surface area contributed by atoms with Gasteiger partial charge in [-0.2, -0.15) is 5.10 Å².